The number of H-pyrrole nitrogens is 1. The van der Waals surface area contributed by atoms with E-state index in [2.05, 4.69) is 10.3 Å². The van der Waals surface area contributed by atoms with E-state index in [1.165, 1.54) is 22.5 Å². The molecule has 0 aliphatic carbocycles. The average molecular weight is 415 g/mol. The summed E-state index contributed by atoms with van der Waals surface area (Å²) in [7, 11) is -3.61. The number of carbonyl (C=O) groups excluding carboxylic acids is 1. The van der Waals surface area contributed by atoms with Gasteiger partial charge in [-0.05, 0) is 61.7 Å². The van der Waals surface area contributed by atoms with Crippen molar-refractivity contribution in [2.75, 3.05) is 18.4 Å². The molecule has 0 spiro atoms. The number of hydrogen-bond donors (Lipinski definition) is 2. The van der Waals surface area contributed by atoms with Gasteiger partial charge in [0.2, 0.25) is 10.0 Å². The van der Waals surface area contributed by atoms with Gasteiger partial charge in [-0.15, -0.1) is 0 Å². The highest BCUT2D eigenvalue weighted by Crippen LogP contribution is 2.26. The zero-order chi connectivity index (χ0) is 20.6. The quantitative estimate of drug-likeness (QED) is 0.675. The highest BCUT2D eigenvalue weighted by Gasteiger charge is 2.27. The molecule has 1 aromatic heterocycles. The Kier molecular flexibility index (Phi) is 5.14. The van der Waals surface area contributed by atoms with Crippen LogP contribution in [0.2, 0.25) is 0 Å². The van der Waals surface area contributed by atoms with E-state index in [0.717, 1.165) is 19.3 Å². The Hall–Kier alpha value is -2.71. The third kappa shape index (κ3) is 3.90. The minimum Gasteiger partial charge on any atom is -0.351 e. The number of fused-ring (bicyclic) bond motifs is 1. The standard InChI is InChI=1S/C21H22FN3O3S/c1-14-5-7-17(13-20(14)29(27,28)25-9-3-2-4-10-25)23-21(26)19-12-15-11-16(22)6-8-18(15)24-19/h5-8,11-13,24H,2-4,9-10H2,1H3,(H,23,26). The van der Waals surface area contributed by atoms with Gasteiger partial charge in [0.15, 0.2) is 0 Å². The maximum Gasteiger partial charge on any atom is 0.272 e. The molecular formula is C21H22FN3O3S. The Balaban J connectivity index is 1.60. The average Bonchev–Trinajstić information content (AvgIpc) is 3.13. The lowest BCUT2D eigenvalue weighted by atomic mass is 10.2. The monoisotopic (exact) mass is 415 g/mol. The summed E-state index contributed by atoms with van der Waals surface area (Å²) in [5.74, 6) is -0.804. The van der Waals surface area contributed by atoms with E-state index in [1.807, 2.05) is 0 Å². The Morgan fingerprint density at radius 2 is 1.83 bits per heavy atom. The topological polar surface area (TPSA) is 82.3 Å². The normalized spacial score (nSPS) is 15.5. The fourth-order valence-corrected chi connectivity index (χ4v) is 5.39. The van der Waals surface area contributed by atoms with Gasteiger partial charge in [-0.1, -0.05) is 12.5 Å². The maximum absolute atomic E-state index is 13.4. The molecule has 1 amide bonds. The van der Waals surface area contributed by atoms with Gasteiger partial charge in [-0.2, -0.15) is 4.31 Å². The van der Waals surface area contributed by atoms with Crippen molar-refractivity contribution >= 4 is 32.5 Å². The zero-order valence-electron chi connectivity index (χ0n) is 16.0. The highest BCUT2D eigenvalue weighted by atomic mass is 32.2. The number of aryl methyl sites for hydroxylation is 1. The van der Waals surface area contributed by atoms with Crippen LogP contribution in [-0.2, 0) is 10.0 Å². The fourth-order valence-electron chi connectivity index (χ4n) is 3.62. The van der Waals surface area contributed by atoms with Crippen LogP contribution in [-0.4, -0.2) is 36.7 Å². The molecule has 0 unspecified atom stereocenters. The molecule has 29 heavy (non-hydrogen) atoms. The second-order valence-corrected chi connectivity index (χ2v) is 9.22. The number of nitrogens with one attached hydrogen (secondary N) is 2. The molecular weight excluding hydrogens is 393 g/mol. The third-order valence-corrected chi connectivity index (χ3v) is 7.25. The van der Waals surface area contributed by atoms with Crippen molar-refractivity contribution in [3.63, 3.8) is 0 Å². The van der Waals surface area contributed by atoms with Gasteiger partial charge in [0, 0.05) is 29.7 Å². The zero-order valence-corrected chi connectivity index (χ0v) is 16.9. The molecule has 2 aromatic carbocycles. The van der Waals surface area contributed by atoms with E-state index in [9.17, 15) is 17.6 Å². The number of hydrogen-bond acceptors (Lipinski definition) is 3. The molecule has 1 aliphatic heterocycles. The molecule has 4 rings (SSSR count). The van der Waals surface area contributed by atoms with E-state index in [-0.39, 0.29) is 16.4 Å². The van der Waals surface area contributed by atoms with E-state index in [1.54, 1.807) is 31.2 Å². The van der Waals surface area contributed by atoms with Gasteiger partial charge in [0.25, 0.3) is 5.91 Å². The first kappa shape index (κ1) is 19.6. The maximum atomic E-state index is 13.4. The molecule has 6 nitrogen and oxygen atoms in total. The largest absolute Gasteiger partial charge is 0.351 e. The Labute approximate surface area is 168 Å². The summed E-state index contributed by atoms with van der Waals surface area (Å²) in [5.41, 5.74) is 1.94. The van der Waals surface area contributed by atoms with Crippen LogP contribution in [0.4, 0.5) is 10.1 Å². The van der Waals surface area contributed by atoms with Crippen LogP contribution in [0.5, 0.6) is 0 Å². The van der Waals surface area contributed by atoms with Crippen molar-refractivity contribution in [3.05, 3.63) is 59.5 Å². The van der Waals surface area contributed by atoms with Gasteiger partial charge in [-0.3, -0.25) is 4.79 Å². The number of piperidine rings is 1. The first-order chi connectivity index (χ1) is 13.8. The van der Waals surface area contributed by atoms with Crippen molar-refractivity contribution in [1.82, 2.24) is 9.29 Å². The van der Waals surface area contributed by atoms with Crippen molar-refractivity contribution in [2.24, 2.45) is 0 Å². The van der Waals surface area contributed by atoms with Gasteiger partial charge in [-0.25, -0.2) is 12.8 Å². The van der Waals surface area contributed by atoms with Crippen molar-refractivity contribution in [1.29, 1.82) is 0 Å². The summed E-state index contributed by atoms with van der Waals surface area (Å²) >= 11 is 0. The number of benzene rings is 2. The smallest absolute Gasteiger partial charge is 0.272 e. The van der Waals surface area contributed by atoms with Gasteiger partial charge in [0.1, 0.15) is 11.5 Å². The summed E-state index contributed by atoms with van der Waals surface area (Å²) in [6, 6.07) is 10.7. The first-order valence-corrected chi connectivity index (χ1v) is 11.0. The molecule has 1 aliphatic rings. The van der Waals surface area contributed by atoms with Crippen LogP contribution in [0.15, 0.2) is 47.4 Å². The molecule has 0 bridgehead atoms. The summed E-state index contributed by atoms with van der Waals surface area (Å²) in [6.07, 6.45) is 2.75. The number of sulfonamides is 1. The van der Waals surface area contributed by atoms with Crippen LogP contribution in [0.1, 0.15) is 35.3 Å². The van der Waals surface area contributed by atoms with Crippen LogP contribution < -0.4 is 5.32 Å². The molecule has 0 atom stereocenters. The number of halogens is 1. The van der Waals surface area contributed by atoms with E-state index in [0.29, 0.717) is 35.2 Å². The Morgan fingerprint density at radius 3 is 2.59 bits per heavy atom. The molecule has 8 heteroatoms. The summed E-state index contributed by atoms with van der Waals surface area (Å²) in [4.78, 5) is 15.8. The van der Waals surface area contributed by atoms with Crippen LogP contribution in [0, 0.1) is 12.7 Å². The lowest BCUT2D eigenvalue weighted by Crippen LogP contribution is -2.36. The van der Waals surface area contributed by atoms with Gasteiger partial charge < -0.3 is 10.3 Å². The lowest BCUT2D eigenvalue weighted by molar-refractivity contribution is 0.102. The van der Waals surface area contributed by atoms with E-state index < -0.39 is 15.9 Å². The van der Waals surface area contributed by atoms with Crippen LogP contribution in [0.25, 0.3) is 10.9 Å². The number of carbonyl (C=O) groups is 1. The second-order valence-electron chi connectivity index (χ2n) is 7.31. The third-order valence-electron chi connectivity index (χ3n) is 5.21. The molecule has 1 fully saturated rings. The minimum absolute atomic E-state index is 0.205. The number of anilines is 1. The van der Waals surface area contributed by atoms with Crippen LogP contribution >= 0.6 is 0 Å². The molecule has 2 heterocycles. The van der Waals surface area contributed by atoms with Gasteiger partial charge in [0.05, 0.1) is 4.90 Å². The molecule has 1 saturated heterocycles. The highest BCUT2D eigenvalue weighted by molar-refractivity contribution is 7.89. The molecule has 152 valence electrons. The first-order valence-electron chi connectivity index (χ1n) is 9.55. The minimum atomic E-state index is -3.61. The number of nitrogens with zero attached hydrogens (tertiary/aromatic N) is 1. The molecule has 0 saturated carbocycles. The second kappa shape index (κ2) is 7.61. The van der Waals surface area contributed by atoms with Crippen molar-refractivity contribution in [3.8, 4) is 0 Å². The fraction of sp³-hybridized carbons (Fsp3) is 0.286. The number of aromatic amines is 1. The van der Waals surface area contributed by atoms with E-state index >= 15 is 0 Å². The Bertz CT molecular complexity index is 1180. The van der Waals surface area contributed by atoms with Gasteiger partial charge >= 0.3 is 0 Å². The Morgan fingerprint density at radius 1 is 1.07 bits per heavy atom. The predicted octanol–water partition coefficient (Wildman–Crippen LogP) is 4.04. The SMILES string of the molecule is Cc1ccc(NC(=O)c2cc3cc(F)ccc3[nH]2)cc1S(=O)(=O)N1CCCCC1. The molecule has 3 aromatic rings. The van der Waals surface area contributed by atoms with Crippen molar-refractivity contribution < 1.29 is 17.6 Å². The van der Waals surface area contributed by atoms with Crippen molar-refractivity contribution in [2.45, 2.75) is 31.1 Å². The summed E-state index contributed by atoms with van der Waals surface area (Å²) in [6.45, 7) is 2.78. The summed E-state index contributed by atoms with van der Waals surface area (Å²) < 4.78 is 41.0. The molecule has 2 N–H and O–H groups in total. The lowest BCUT2D eigenvalue weighted by Gasteiger charge is -2.26. The molecule has 0 radical (unpaired) electrons. The predicted molar refractivity (Wildman–Crippen MR) is 110 cm³/mol. The number of rotatable bonds is 4. The number of amides is 1. The van der Waals surface area contributed by atoms with Crippen LogP contribution in [0.3, 0.4) is 0 Å². The number of aromatic nitrogens is 1. The summed E-state index contributed by atoms with van der Waals surface area (Å²) in [5, 5.41) is 3.32. The van der Waals surface area contributed by atoms with E-state index in [4.69, 9.17) is 0 Å².